The van der Waals surface area contributed by atoms with Gasteiger partial charge >= 0.3 is 0 Å². The fourth-order valence-corrected chi connectivity index (χ4v) is 12.0. The van der Waals surface area contributed by atoms with Gasteiger partial charge in [-0.1, -0.05) is 181 Å². The minimum atomic E-state index is -0.191. The van der Waals surface area contributed by atoms with Crippen molar-refractivity contribution < 1.29 is 0 Å². The first-order chi connectivity index (χ1) is 30.8. The first kappa shape index (κ1) is 40.0. The van der Waals surface area contributed by atoms with Gasteiger partial charge in [-0.2, -0.15) is 0 Å². The van der Waals surface area contributed by atoms with Crippen LogP contribution in [0, 0.1) is 0 Å². The number of fused-ring (bicyclic) bond motifs is 4. The van der Waals surface area contributed by atoms with Gasteiger partial charge in [0, 0.05) is 45.0 Å². The van der Waals surface area contributed by atoms with E-state index < -0.39 is 0 Å². The van der Waals surface area contributed by atoms with Crippen LogP contribution in [-0.4, -0.2) is 6.71 Å². The SMILES string of the molecule is CC(C)(c1ccccc1)c1ccc2c(c1)B1c3cc(C(C)(C)c4ccccc4)ccc3N(c3ccc(C4CCCCC4)cc3)c3cccc(c31)N2c1ccc(C2CCCCC2)cc1. The van der Waals surface area contributed by atoms with E-state index in [4.69, 9.17) is 0 Å². The Morgan fingerprint density at radius 3 is 1.17 bits per heavy atom. The number of nitrogens with zero attached hydrogens (tertiary/aromatic N) is 2. The molecule has 2 aliphatic heterocycles. The fraction of sp³-hybridized carbons (Fsp3) is 0.300. The van der Waals surface area contributed by atoms with Gasteiger partial charge in [-0.05, 0) is 136 Å². The Morgan fingerprint density at radius 2 is 0.778 bits per heavy atom. The van der Waals surface area contributed by atoms with Gasteiger partial charge in [0.2, 0.25) is 0 Å². The van der Waals surface area contributed by atoms with Crippen LogP contribution in [0.1, 0.15) is 137 Å². The second-order valence-electron chi connectivity index (χ2n) is 20.2. The Hall–Kier alpha value is -5.80. The van der Waals surface area contributed by atoms with E-state index in [0.29, 0.717) is 11.8 Å². The van der Waals surface area contributed by atoms with Crippen molar-refractivity contribution in [2.24, 2.45) is 0 Å². The average molecular weight is 821 g/mol. The number of hydrogen-bond donors (Lipinski definition) is 0. The monoisotopic (exact) mass is 820 g/mol. The summed E-state index contributed by atoms with van der Waals surface area (Å²) in [5.74, 6) is 1.34. The second kappa shape index (κ2) is 16.1. The van der Waals surface area contributed by atoms with Gasteiger partial charge in [0.15, 0.2) is 0 Å². The first-order valence-electron chi connectivity index (χ1n) is 24.1. The van der Waals surface area contributed by atoms with Crippen LogP contribution in [0.5, 0.6) is 0 Å². The smallest absolute Gasteiger partial charge is 0.252 e. The van der Waals surface area contributed by atoms with E-state index in [1.807, 2.05) is 0 Å². The molecule has 0 radical (unpaired) electrons. The third-order valence-electron chi connectivity index (χ3n) is 15.9. The molecular formula is C60H61BN2. The molecule has 4 aliphatic rings. The molecule has 2 aliphatic carbocycles. The summed E-state index contributed by atoms with van der Waals surface area (Å²) >= 11 is 0. The van der Waals surface area contributed by atoms with Gasteiger partial charge < -0.3 is 9.80 Å². The van der Waals surface area contributed by atoms with E-state index in [0.717, 1.165) is 0 Å². The summed E-state index contributed by atoms with van der Waals surface area (Å²) in [6, 6.07) is 63.4. The normalized spacial score (nSPS) is 16.7. The third-order valence-corrected chi connectivity index (χ3v) is 15.9. The van der Waals surface area contributed by atoms with E-state index >= 15 is 0 Å². The molecule has 7 aromatic carbocycles. The van der Waals surface area contributed by atoms with Crippen molar-refractivity contribution in [3.8, 4) is 0 Å². The summed E-state index contributed by atoms with van der Waals surface area (Å²) < 4.78 is 0. The molecule has 7 aromatic rings. The Labute approximate surface area is 377 Å². The van der Waals surface area contributed by atoms with E-state index in [1.54, 1.807) is 0 Å². The number of benzene rings is 7. The summed E-state index contributed by atoms with van der Waals surface area (Å²) in [6.45, 7) is 9.60. The predicted octanol–water partition coefficient (Wildman–Crippen LogP) is 14.5. The van der Waals surface area contributed by atoms with Crippen LogP contribution in [0.15, 0.2) is 164 Å². The van der Waals surface area contributed by atoms with E-state index in [9.17, 15) is 0 Å². The van der Waals surface area contributed by atoms with Crippen LogP contribution < -0.4 is 26.2 Å². The average Bonchev–Trinajstić information content (AvgIpc) is 3.35. The molecule has 2 saturated carbocycles. The Morgan fingerprint density at radius 1 is 0.381 bits per heavy atom. The molecule has 0 unspecified atom stereocenters. The summed E-state index contributed by atoms with van der Waals surface area (Å²) in [5, 5.41) is 0. The van der Waals surface area contributed by atoms with Crippen LogP contribution in [0.4, 0.5) is 34.1 Å². The molecule has 0 aromatic heterocycles. The van der Waals surface area contributed by atoms with Crippen LogP contribution in [0.2, 0.25) is 0 Å². The fourth-order valence-electron chi connectivity index (χ4n) is 12.0. The standard InChI is InChI=1S/C60H61BN2/c1-59(2,46-22-13-7-14-23-46)48-32-38-54-52(40-48)61-53-41-49(60(3,4)47-24-15-8-16-25-47)33-39-55(53)63(51-36-30-45(31-37-51)43-20-11-6-12-21-43)57-27-17-26-56(58(57)61)62(54)50-34-28-44(29-35-50)42-18-9-5-10-19-42/h7-8,13-17,22-43H,5-6,9-12,18-21H2,1-4H3. The highest BCUT2D eigenvalue weighted by atomic mass is 15.2. The molecule has 0 bridgehead atoms. The van der Waals surface area contributed by atoms with Crippen molar-refractivity contribution in [3.05, 3.63) is 197 Å². The van der Waals surface area contributed by atoms with Gasteiger partial charge in [0.1, 0.15) is 0 Å². The van der Waals surface area contributed by atoms with Crippen molar-refractivity contribution in [3.63, 3.8) is 0 Å². The Balaban J connectivity index is 1.14. The Bertz CT molecular complexity index is 2550. The van der Waals surface area contributed by atoms with Gasteiger partial charge in [-0.3, -0.25) is 0 Å². The minimum Gasteiger partial charge on any atom is -0.311 e. The van der Waals surface area contributed by atoms with Crippen LogP contribution in [0.25, 0.3) is 0 Å². The molecule has 63 heavy (non-hydrogen) atoms. The van der Waals surface area contributed by atoms with Crippen LogP contribution >= 0.6 is 0 Å². The van der Waals surface area contributed by atoms with Crippen LogP contribution in [-0.2, 0) is 10.8 Å². The molecule has 11 rings (SSSR count). The zero-order valence-corrected chi connectivity index (χ0v) is 37.8. The first-order valence-corrected chi connectivity index (χ1v) is 24.1. The maximum Gasteiger partial charge on any atom is 0.252 e. The maximum atomic E-state index is 2.59. The molecule has 0 spiro atoms. The van der Waals surface area contributed by atoms with Gasteiger partial charge in [0.25, 0.3) is 6.71 Å². The summed E-state index contributed by atoms with van der Waals surface area (Å²) in [4.78, 5) is 5.17. The molecule has 0 saturated heterocycles. The van der Waals surface area contributed by atoms with Crippen molar-refractivity contribution in [2.45, 2.75) is 115 Å². The van der Waals surface area contributed by atoms with Crippen LogP contribution in [0.3, 0.4) is 0 Å². The third kappa shape index (κ3) is 6.94. The zero-order chi connectivity index (χ0) is 42.7. The van der Waals surface area contributed by atoms with Crippen molar-refractivity contribution in [1.82, 2.24) is 0 Å². The highest BCUT2D eigenvalue weighted by Gasteiger charge is 2.44. The Kier molecular flexibility index (Phi) is 10.2. The lowest BCUT2D eigenvalue weighted by atomic mass is 9.33. The van der Waals surface area contributed by atoms with E-state index in [1.165, 1.54) is 148 Å². The molecule has 0 N–H and O–H groups in total. The lowest BCUT2D eigenvalue weighted by Crippen LogP contribution is -2.61. The molecule has 2 heterocycles. The largest absolute Gasteiger partial charge is 0.311 e. The number of rotatable bonds is 8. The van der Waals surface area contributed by atoms with E-state index in [-0.39, 0.29) is 17.5 Å². The second-order valence-corrected chi connectivity index (χ2v) is 20.2. The lowest BCUT2D eigenvalue weighted by Gasteiger charge is -2.45. The number of hydrogen-bond acceptors (Lipinski definition) is 2. The summed E-state index contributed by atoms with van der Waals surface area (Å²) in [6.07, 6.45) is 13.3. The van der Waals surface area contributed by atoms with Gasteiger partial charge in [-0.15, -0.1) is 0 Å². The van der Waals surface area contributed by atoms with Gasteiger partial charge in [-0.25, -0.2) is 0 Å². The van der Waals surface area contributed by atoms with Crippen molar-refractivity contribution in [1.29, 1.82) is 0 Å². The van der Waals surface area contributed by atoms with Gasteiger partial charge in [0.05, 0.1) is 0 Å². The van der Waals surface area contributed by atoms with Crippen molar-refractivity contribution in [2.75, 3.05) is 9.80 Å². The highest BCUT2D eigenvalue weighted by molar-refractivity contribution is 7.00. The molecular weight excluding hydrogens is 759 g/mol. The minimum absolute atomic E-state index is 0.0368. The maximum absolute atomic E-state index is 2.59. The quantitative estimate of drug-likeness (QED) is 0.141. The molecule has 0 atom stereocenters. The van der Waals surface area contributed by atoms with E-state index in [2.05, 4.69) is 201 Å². The zero-order valence-electron chi connectivity index (χ0n) is 37.8. The molecule has 3 heteroatoms. The number of anilines is 6. The molecule has 2 nitrogen and oxygen atoms in total. The topological polar surface area (TPSA) is 6.48 Å². The summed E-state index contributed by atoms with van der Waals surface area (Å²) in [7, 11) is 0. The molecule has 0 amide bonds. The summed E-state index contributed by atoms with van der Waals surface area (Å²) in [5.41, 5.74) is 19.6. The predicted molar refractivity (Wildman–Crippen MR) is 269 cm³/mol. The lowest BCUT2D eigenvalue weighted by molar-refractivity contribution is 0.443. The molecule has 2 fully saturated rings. The molecule has 314 valence electrons. The van der Waals surface area contributed by atoms with Crippen molar-refractivity contribution >= 4 is 57.2 Å². The highest BCUT2D eigenvalue weighted by Crippen LogP contribution is 2.47.